The van der Waals surface area contributed by atoms with Crippen molar-refractivity contribution in [2.45, 2.75) is 6.92 Å². The second kappa shape index (κ2) is 8.13. The largest absolute Gasteiger partial charge is 0.707 e. The topological polar surface area (TPSA) is 100 Å². The molecule has 0 aliphatic carbocycles. The second-order valence-corrected chi connectivity index (χ2v) is 6.06. The summed E-state index contributed by atoms with van der Waals surface area (Å²) in [5.41, 5.74) is 1.65. The average molecular weight is 372 g/mol. The Balaban J connectivity index is 1.86. The van der Waals surface area contributed by atoms with E-state index in [1.54, 1.807) is 40.8 Å². The number of fused-ring (bicyclic) bond motifs is 1. The maximum Gasteiger partial charge on any atom is 0.707 e. The van der Waals surface area contributed by atoms with E-state index in [4.69, 9.17) is 19.4 Å². The van der Waals surface area contributed by atoms with Gasteiger partial charge in [-0.3, -0.25) is 0 Å². The third-order valence-corrected chi connectivity index (χ3v) is 4.43. The smallest absolute Gasteiger partial charge is 0.509 e. The van der Waals surface area contributed by atoms with Crippen LogP contribution in [0.5, 0.6) is 11.5 Å². The van der Waals surface area contributed by atoms with Gasteiger partial charge in [-0.25, -0.2) is 15.0 Å². The van der Waals surface area contributed by atoms with E-state index >= 15 is 0 Å². The van der Waals surface area contributed by atoms with Crippen molar-refractivity contribution in [3.63, 3.8) is 0 Å². The highest BCUT2D eigenvalue weighted by Gasteiger charge is 2.15. The van der Waals surface area contributed by atoms with E-state index in [1.165, 1.54) is 13.4 Å². The Labute approximate surface area is 154 Å². The highest BCUT2D eigenvalue weighted by Crippen LogP contribution is 2.29. The summed E-state index contributed by atoms with van der Waals surface area (Å²) in [6, 6.07) is 6.95. The van der Waals surface area contributed by atoms with Gasteiger partial charge in [0.1, 0.15) is 12.1 Å². The number of aromatic nitrogens is 2. The Morgan fingerprint density at radius 3 is 2.85 bits per heavy atom. The number of hydrazone groups is 1. The summed E-state index contributed by atoms with van der Waals surface area (Å²) in [6.45, 7) is 2.62. The van der Waals surface area contributed by atoms with Gasteiger partial charge in [0.2, 0.25) is 0 Å². The lowest BCUT2D eigenvalue weighted by Gasteiger charge is -2.16. The quantitative estimate of drug-likeness (QED) is 0.371. The predicted molar refractivity (Wildman–Crippen MR) is 102 cm³/mol. The van der Waals surface area contributed by atoms with Gasteiger partial charge in [-0.15, -0.1) is 11.3 Å². The number of hydrogen-bond acceptors (Lipinski definition) is 9. The SMILES string of the molecule is CCN(/N=C/c1ccc(OB(O)O)c(OC)c1)c1ncnc2ccsc12. The van der Waals surface area contributed by atoms with E-state index in [0.717, 1.165) is 21.6 Å². The van der Waals surface area contributed by atoms with Crippen molar-refractivity contribution in [3.05, 3.63) is 41.5 Å². The van der Waals surface area contributed by atoms with E-state index in [-0.39, 0.29) is 5.75 Å². The predicted octanol–water partition coefficient (Wildman–Crippen LogP) is 1.91. The monoisotopic (exact) mass is 372 g/mol. The van der Waals surface area contributed by atoms with Crippen LogP contribution in [-0.4, -0.2) is 47.2 Å². The second-order valence-electron chi connectivity index (χ2n) is 5.15. The summed E-state index contributed by atoms with van der Waals surface area (Å²) in [5.74, 6) is 1.34. The lowest BCUT2D eigenvalue weighted by Crippen LogP contribution is -2.21. The lowest BCUT2D eigenvalue weighted by atomic mass is 10.2. The van der Waals surface area contributed by atoms with Crippen LogP contribution in [-0.2, 0) is 0 Å². The molecule has 2 N–H and O–H groups in total. The van der Waals surface area contributed by atoms with Gasteiger partial charge >= 0.3 is 7.32 Å². The highest BCUT2D eigenvalue weighted by molar-refractivity contribution is 7.17. The van der Waals surface area contributed by atoms with Crippen LogP contribution < -0.4 is 14.4 Å². The first kappa shape index (κ1) is 18.1. The molecule has 0 fully saturated rings. The number of thiophene rings is 1. The first-order valence-corrected chi connectivity index (χ1v) is 8.71. The lowest BCUT2D eigenvalue weighted by molar-refractivity contribution is 0.279. The molecule has 0 saturated heterocycles. The number of anilines is 1. The van der Waals surface area contributed by atoms with Gasteiger partial charge < -0.3 is 19.4 Å². The van der Waals surface area contributed by atoms with Crippen molar-refractivity contribution in [1.82, 2.24) is 9.97 Å². The van der Waals surface area contributed by atoms with Gasteiger partial charge in [0, 0.05) is 6.54 Å². The zero-order valence-corrected chi connectivity index (χ0v) is 15.1. The van der Waals surface area contributed by atoms with Crippen LogP contribution in [0, 0.1) is 0 Å². The van der Waals surface area contributed by atoms with E-state index in [2.05, 4.69) is 15.1 Å². The van der Waals surface area contributed by atoms with Crippen molar-refractivity contribution in [3.8, 4) is 11.5 Å². The minimum atomic E-state index is -1.91. The van der Waals surface area contributed by atoms with E-state index in [9.17, 15) is 0 Å². The molecule has 10 heteroatoms. The number of ether oxygens (including phenoxy) is 1. The first-order chi connectivity index (χ1) is 12.6. The molecule has 0 spiro atoms. The molecule has 0 radical (unpaired) electrons. The summed E-state index contributed by atoms with van der Waals surface area (Å²) in [6.07, 6.45) is 3.20. The van der Waals surface area contributed by atoms with Crippen LogP contribution in [0.15, 0.2) is 41.1 Å². The molecule has 0 saturated carbocycles. The molecule has 0 amide bonds. The van der Waals surface area contributed by atoms with Crippen molar-refractivity contribution in [2.75, 3.05) is 18.7 Å². The maximum atomic E-state index is 8.93. The number of hydrogen-bond donors (Lipinski definition) is 2. The fourth-order valence-corrected chi connectivity index (χ4v) is 3.20. The van der Waals surface area contributed by atoms with E-state index in [0.29, 0.717) is 12.3 Å². The molecule has 0 atom stereocenters. The fourth-order valence-electron chi connectivity index (χ4n) is 2.36. The Morgan fingerprint density at radius 1 is 1.27 bits per heavy atom. The van der Waals surface area contributed by atoms with Crippen LogP contribution in [0.25, 0.3) is 10.2 Å². The number of nitrogens with zero attached hydrogens (tertiary/aromatic N) is 4. The molecule has 134 valence electrons. The molecule has 3 aromatic rings. The van der Waals surface area contributed by atoms with Gasteiger partial charge in [-0.2, -0.15) is 5.10 Å². The van der Waals surface area contributed by atoms with Crippen LogP contribution >= 0.6 is 11.3 Å². The molecule has 8 nitrogen and oxygen atoms in total. The minimum absolute atomic E-state index is 0.225. The van der Waals surface area contributed by atoms with Gasteiger partial charge in [0.25, 0.3) is 0 Å². The zero-order valence-electron chi connectivity index (χ0n) is 14.2. The Morgan fingerprint density at radius 2 is 2.12 bits per heavy atom. The van der Waals surface area contributed by atoms with Gasteiger partial charge in [-0.05, 0) is 42.1 Å². The zero-order chi connectivity index (χ0) is 18.5. The van der Waals surface area contributed by atoms with Crippen LogP contribution in [0.2, 0.25) is 0 Å². The number of rotatable bonds is 7. The Hall–Kier alpha value is -2.69. The molecule has 1 aromatic carbocycles. The molecule has 0 aliphatic rings. The third kappa shape index (κ3) is 3.93. The molecule has 2 heterocycles. The Bertz CT molecular complexity index is 918. The third-order valence-electron chi connectivity index (χ3n) is 3.53. The summed E-state index contributed by atoms with van der Waals surface area (Å²) in [4.78, 5) is 8.60. The number of methoxy groups -OCH3 is 1. The normalized spacial score (nSPS) is 11.1. The standard InChI is InChI=1S/C16H17BN4O4S/c1-3-21(16-15-12(6-7-26-15)18-10-19-16)20-9-11-4-5-13(25-17(22)23)14(8-11)24-2/h4-10,22-23H,3H2,1-2H3/b20-9+. The van der Waals surface area contributed by atoms with Crippen molar-refractivity contribution in [2.24, 2.45) is 5.10 Å². The van der Waals surface area contributed by atoms with E-state index in [1.807, 2.05) is 18.4 Å². The van der Waals surface area contributed by atoms with Crippen LogP contribution in [0.4, 0.5) is 5.82 Å². The Kier molecular flexibility index (Phi) is 5.66. The fraction of sp³-hybridized carbons (Fsp3) is 0.188. The highest BCUT2D eigenvalue weighted by atomic mass is 32.1. The summed E-state index contributed by atoms with van der Waals surface area (Å²) in [7, 11) is -0.440. The van der Waals surface area contributed by atoms with Crippen molar-refractivity contribution >= 4 is 40.9 Å². The van der Waals surface area contributed by atoms with Gasteiger partial charge in [0.15, 0.2) is 11.6 Å². The molecular formula is C16H17BN4O4S. The summed E-state index contributed by atoms with van der Waals surface area (Å²) < 4.78 is 11.0. The van der Waals surface area contributed by atoms with Gasteiger partial charge in [0.05, 0.1) is 23.5 Å². The maximum absolute atomic E-state index is 8.93. The molecule has 2 aromatic heterocycles. The molecule has 26 heavy (non-hydrogen) atoms. The van der Waals surface area contributed by atoms with Crippen LogP contribution in [0.3, 0.4) is 0 Å². The molecule has 3 rings (SSSR count). The first-order valence-electron chi connectivity index (χ1n) is 7.83. The summed E-state index contributed by atoms with van der Waals surface area (Å²) in [5, 5.41) is 26.1. The van der Waals surface area contributed by atoms with E-state index < -0.39 is 7.32 Å². The molecule has 0 aliphatic heterocycles. The molecular weight excluding hydrogens is 355 g/mol. The summed E-state index contributed by atoms with van der Waals surface area (Å²) >= 11 is 1.57. The number of benzene rings is 1. The van der Waals surface area contributed by atoms with Crippen LogP contribution in [0.1, 0.15) is 12.5 Å². The van der Waals surface area contributed by atoms with Gasteiger partial charge in [-0.1, -0.05) is 0 Å². The molecule has 0 unspecified atom stereocenters. The van der Waals surface area contributed by atoms with Crippen molar-refractivity contribution in [1.29, 1.82) is 0 Å². The minimum Gasteiger partial charge on any atom is -0.509 e. The average Bonchev–Trinajstić information content (AvgIpc) is 3.12. The molecule has 0 bridgehead atoms. The van der Waals surface area contributed by atoms with Crippen molar-refractivity contribution < 1.29 is 19.4 Å².